The van der Waals surface area contributed by atoms with E-state index in [1.165, 1.54) is 0 Å². The van der Waals surface area contributed by atoms with Gasteiger partial charge in [0, 0.05) is 28.2 Å². The molecule has 0 N–H and O–H groups in total. The highest BCUT2D eigenvalue weighted by molar-refractivity contribution is 7.90. The Hall–Kier alpha value is -2.93. The molecule has 29 heavy (non-hydrogen) atoms. The maximum Gasteiger partial charge on any atom is 0.326 e. The van der Waals surface area contributed by atoms with Crippen LogP contribution in [-0.2, 0) is 26.1 Å². The van der Waals surface area contributed by atoms with E-state index in [9.17, 15) is 13.2 Å². The number of benzene rings is 2. The standard InChI is InChI=1S/C22H22N2O4S/c1-14-9-10-18-16(11-14)17(12-24(18)13-20(25)28-22(2,3)4)21-15-7-5-6-8-19(15)29(26,27)23-21/h5-12H,13H2,1-4H3. The third kappa shape index (κ3) is 3.58. The average Bonchev–Trinajstić information content (AvgIpc) is 3.08. The number of rotatable bonds is 3. The van der Waals surface area contributed by atoms with Crippen molar-refractivity contribution in [3.63, 3.8) is 0 Å². The van der Waals surface area contributed by atoms with Gasteiger partial charge in [-0.3, -0.25) is 4.79 Å². The zero-order chi connectivity index (χ0) is 21.0. The first kappa shape index (κ1) is 19.4. The van der Waals surface area contributed by atoms with Gasteiger partial charge < -0.3 is 9.30 Å². The van der Waals surface area contributed by atoms with Gasteiger partial charge in [-0.25, -0.2) is 0 Å². The molecule has 0 spiro atoms. The SMILES string of the molecule is Cc1ccc2c(c1)c(C1=NS(=O)(=O)c3ccccc31)cn2CC(=O)OC(C)(C)C. The van der Waals surface area contributed by atoms with Crippen LogP contribution in [0.3, 0.4) is 0 Å². The average molecular weight is 410 g/mol. The fourth-order valence-corrected chi connectivity index (χ4v) is 4.77. The Bertz CT molecular complexity index is 1280. The summed E-state index contributed by atoms with van der Waals surface area (Å²) < 4.78 is 36.3. The first-order valence-corrected chi connectivity index (χ1v) is 10.8. The largest absolute Gasteiger partial charge is 0.459 e. The fraction of sp³-hybridized carbons (Fsp3) is 0.273. The predicted octanol–water partition coefficient (Wildman–Crippen LogP) is 3.83. The van der Waals surface area contributed by atoms with Gasteiger partial charge in [-0.1, -0.05) is 29.8 Å². The van der Waals surface area contributed by atoms with E-state index in [2.05, 4.69) is 4.40 Å². The number of aryl methyl sites for hydroxylation is 1. The summed E-state index contributed by atoms with van der Waals surface area (Å²) >= 11 is 0. The van der Waals surface area contributed by atoms with Crippen molar-refractivity contribution in [3.05, 3.63) is 65.4 Å². The molecule has 7 heteroatoms. The predicted molar refractivity (Wildman–Crippen MR) is 112 cm³/mol. The van der Waals surface area contributed by atoms with E-state index in [0.29, 0.717) is 16.8 Å². The molecule has 0 atom stereocenters. The van der Waals surface area contributed by atoms with Gasteiger partial charge in [-0.2, -0.15) is 12.8 Å². The third-order valence-corrected chi connectivity index (χ3v) is 5.98. The molecule has 1 aromatic heterocycles. The maximum absolute atomic E-state index is 12.5. The summed E-state index contributed by atoms with van der Waals surface area (Å²) in [4.78, 5) is 12.6. The lowest BCUT2D eigenvalue weighted by Crippen LogP contribution is -2.26. The molecule has 0 fully saturated rings. The van der Waals surface area contributed by atoms with E-state index in [1.807, 2.05) is 45.9 Å². The molecule has 0 saturated carbocycles. The molecule has 150 valence electrons. The summed E-state index contributed by atoms with van der Waals surface area (Å²) in [5.41, 5.74) is 2.93. The number of ether oxygens (including phenoxy) is 1. The lowest BCUT2D eigenvalue weighted by atomic mass is 10.0. The molecule has 0 amide bonds. The van der Waals surface area contributed by atoms with Crippen LogP contribution in [0.1, 0.15) is 37.5 Å². The Balaban J connectivity index is 1.87. The van der Waals surface area contributed by atoms with Crippen LogP contribution in [0.25, 0.3) is 10.9 Å². The van der Waals surface area contributed by atoms with Crippen molar-refractivity contribution >= 4 is 32.6 Å². The van der Waals surface area contributed by atoms with Gasteiger partial charge in [0.05, 0.1) is 10.6 Å². The molecule has 0 aliphatic carbocycles. The Morgan fingerprint density at radius 1 is 1.10 bits per heavy atom. The molecule has 2 heterocycles. The number of aromatic nitrogens is 1. The van der Waals surface area contributed by atoms with Gasteiger partial charge >= 0.3 is 5.97 Å². The summed E-state index contributed by atoms with van der Waals surface area (Å²) in [5, 5.41) is 0.846. The Labute approximate surface area is 169 Å². The number of hydrogen-bond donors (Lipinski definition) is 0. The quantitative estimate of drug-likeness (QED) is 0.615. The summed E-state index contributed by atoms with van der Waals surface area (Å²) in [6.45, 7) is 7.46. The molecule has 0 unspecified atom stereocenters. The highest BCUT2D eigenvalue weighted by atomic mass is 32.2. The molecule has 0 bridgehead atoms. The van der Waals surface area contributed by atoms with Gasteiger partial charge in [0.15, 0.2) is 0 Å². The van der Waals surface area contributed by atoms with Crippen LogP contribution >= 0.6 is 0 Å². The van der Waals surface area contributed by atoms with Crippen LogP contribution in [-0.4, -0.2) is 30.3 Å². The van der Waals surface area contributed by atoms with Crippen molar-refractivity contribution in [1.82, 2.24) is 4.57 Å². The zero-order valence-electron chi connectivity index (χ0n) is 16.8. The third-order valence-electron chi connectivity index (χ3n) is 4.64. The topological polar surface area (TPSA) is 77.7 Å². The number of carbonyl (C=O) groups is 1. The smallest absolute Gasteiger partial charge is 0.326 e. The molecule has 3 aromatic rings. The Kier molecular flexibility index (Phi) is 4.38. The number of carbonyl (C=O) groups excluding carboxylic acids is 1. The van der Waals surface area contributed by atoms with Crippen LogP contribution in [0.15, 0.2) is 58.0 Å². The molecule has 2 aromatic carbocycles. The van der Waals surface area contributed by atoms with Crippen molar-refractivity contribution in [2.75, 3.05) is 0 Å². The number of hydrogen-bond acceptors (Lipinski definition) is 4. The lowest BCUT2D eigenvalue weighted by molar-refractivity contribution is -0.155. The number of fused-ring (bicyclic) bond motifs is 2. The fourth-order valence-electron chi connectivity index (χ4n) is 3.54. The van der Waals surface area contributed by atoms with Gasteiger partial charge in [-0.05, 0) is 45.9 Å². The van der Waals surface area contributed by atoms with E-state index in [1.54, 1.807) is 35.0 Å². The van der Waals surface area contributed by atoms with Crippen molar-refractivity contribution in [1.29, 1.82) is 0 Å². The summed E-state index contributed by atoms with van der Waals surface area (Å²) in [5.74, 6) is -0.358. The van der Waals surface area contributed by atoms with Gasteiger partial charge in [-0.15, -0.1) is 0 Å². The monoisotopic (exact) mass is 410 g/mol. The zero-order valence-corrected chi connectivity index (χ0v) is 17.6. The molecular weight excluding hydrogens is 388 g/mol. The summed E-state index contributed by atoms with van der Waals surface area (Å²) in [7, 11) is -3.73. The van der Waals surface area contributed by atoms with Crippen molar-refractivity contribution in [3.8, 4) is 0 Å². The number of sulfonamides is 1. The second-order valence-electron chi connectivity index (χ2n) is 8.19. The first-order valence-electron chi connectivity index (χ1n) is 9.31. The highest BCUT2D eigenvalue weighted by Gasteiger charge is 2.31. The van der Waals surface area contributed by atoms with Crippen LogP contribution < -0.4 is 0 Å². The first-order chi connectivity index (χ1) is 13.5. The molecule has 1 aliphatic heterocycles. The Morgan fingerprint density at radius 2 is 1.83 bits per heavy atom. The number of nitrogens with zero attached hydrogens (tertiary/aromatic N) is 2. The second kappa shape index (κ2) is 6.56. The number of esters is 1. The highest BCUT2D eigenvalue weighted by Crippen LogP contribution is 2.33. The molecule has 0 radical (unpaired) electrons. The second-order valence-corrected chi connectivity index (χ2v) is 9.76. The van der Waals surface area contributed by atoms with Crippen LogP contribution in [0.5, 0.6) is 0 Å². The molecule has 1 aliphatic rings. The minimum atomic E-state index is -3.73. The van der Waals surface area contributed by atoms with Crippen LogP contribution in [0.2, 0.25) is 0 Å². The minimum Gasteiger partial charge on any atom is -0.459 e. The van der Waals surface area contributed by atoms with Gasteiger partial charge in [0.25, 0.3) is 10.0 Å². The Morgan fingerprint density at radius 3 is 2.55 bits per heavy atom. The maximum atomic E-state index is 12.5. The van der Waals surface area contributed by atoms with E-state index in [-0.39, 0.29) is 17.4 Å². The van der Waals surface area contributed by atoms with E-state index >= 15 is 0 Å². The molecule has 6 nitrogen and oxygen atoms in total. The molecule has 4 rings (SSSR count). The minimum absolute atomic E-state index is 0.0263. The van der Waals surface area contributed by atoms with Crippen molar-refractivity contribution in [2.45, 2.75) is 44.7 Å². The van der Waals surface area contributed by atoms with Gasteiger partial charge in [0.1, 0.15) is 12.1 Å². The van der Waals surface area contributed by atoms with E-state index in [4.69, 9.17) is 4.74 Å². The van der Waals surface area contributed by atoms with Crippen LogP contribution in [0, 0.1) is 6.92 Å². The normalized spacial score (nSPS) is 15.2. The summed E-state index contributed by atoms with van der Waals surface area (Å²) in [6, 6.07) is 12.7. The van der Waals surface area contributed by atoms with Crippen molar-refractivity contribution < 1.29 is 17.9 Å². The lowest BCUT2D eigenvalue weighted by Gasteiger charge is -2.19. The summed E-state index contributed by atoms with van der Waals surface area (Å²) in [6.07, 6.45) is 1.78. The van der Waals surface area contributed by atoms with Crippen LogP contribution in [0.4, 0.5) is 0 Å². The van der Waals surface area contributed by atoms with Crippen molar-refractivity contribution in [2.24, 2.45) is 4.40 Å². The van der Waals surface area contributed by atoms with E-state index in [0.717, 1.165) is 16.5 Å². The van der Waals surface area contributed by atoms with E-state index < -0.39 is 15.6 Å². The molecular formula is C22H22N2O4S. The molecule has 0 saturated heterocycles. The van der Waals surface area contributed by atoms with Gasteiger partial charge in [0.2, 0.25) is 0 Å².